The van der Waals surface area contributed by atoms with Gasteiger partial charge in [0.2, 0.25) is 23.6 Å². The Balaban J connectivity index is 0.748. The second-order valence-corrected chi connectivity index (χ2v) is 29.7. The number of anilines is 1. The van der Waals surface area contributed by atoms with Gasteiger partial charge in [0, 0.05) is 50.2 Å². The summed E-state index contributed by atoms with van der Waals surface area (Å²) >= 11 is 0. The second kappa shape index (κ2) is 35.8. The van der Waals surface area contributed by atoms with Crippen LogP contribution in [0.25, 0.3) is 0 Å². The first-order valence-electron chi connectivity index (χ1n) is 37.1. The van der Waals surface area contributed by atoms with Crippen LogP contribution in [0.1, 0.15) is 172 Å². The molecule has 102 heavy (non-hydrogen) atoms. The third-order valence-electron chi connectivity index (χ3n) is 22.8. The number of amides is 4. The van der Waals surface area contributed by atoms with E-state index in [1.54, 1.807) is 56.2 Å². The van der Waals surface area contributed by atoms with Crippen LogP contribution in [0, 0.1) is 56.5 Å². The molecule has 0 aliphatic heterocycles. The van der Waals surface area contributed by atoms with Gasteiger partial charge in [0.15, 0.2) is 0 Å². The molecule has 0 radical (unpaired) electrons. The van der Waals surface area contributed by atoms with Crippen molar-refractivity contribution in [1.82, 2.24) is 21.3 Å². The molecule has 10 atom stereocenters. The van der Waals surface area contributed by atoms with Crippen LogP contribution in [0.3, 0.4) is 0 Å². The highest BCUT2D eigenvalue weighted by Crippen LogP contribution is 2.67. The molecule has 0 saturated heterocycles. The lowest BCUT2D eigenvalue weighted by molar-refractivity contribution is -0.384. The highest BCUT2D eigenvalue weighted by molar-refractivity contribution is 5.98. The fourth-order valence-corrected chi connectivity index (χ4v) is 17.3. The molecule has 0 bridgehead atoms. The van der Waals surface area contributed by atoms with Gasteiger partial charge in [-0.1, -0.05) is 163 Å². The van der Waals surface area contributed by atoms with E-state index in [0.29, 0.717) is 61.4 Å². The molecule has 10 rings (SSSR count). The quantitative estimate of drug-likeness (QED) is 0.00474. The number of non-ortho nitro benzene ring substituents is 1. The van der Waals surface area contributed by atoms with Gasteiger partial charge in [0.05, 0.1) is 30.8 Å². The third-order valence-corrected chi connectivity index (χ3v) is 22.8. The summed E-state index contributed by atoms with van der Waals surface area (Å²) in [5.74, 6) is 4.32. The minimum atomic E-state index is -1.14. The van der Waals surface area contributed by atoms with Gasteiger partial charge in [-0.2, -0.15) is 0 Å². The predicted molar refractivity (Wildman–Crippen MR) is 397 cm³/mol. The summed E-state index contributed by atoms with van der Waals surface area (Å²) in [4.78, 5) is 79.8. The maximum atomic E-state index is 14.8. The molecule has 0 heterocycles. The van der Waals surface area contributed by atoms with E-state index in [4.69, 9.17) is 23.7 Å². The fourth-order valence-electron chi connectivity index (χ4n) is 17.3. The van der Waals surface area contributed by atoms with E-state index < -0.39 is 46.4 Å². The molecule has 6 aromatic carbocycles. The summed E-state index contributed by atoms with van der Waals surface area (Å²) in [7, 11) is 3.20. The number of hydrogen-bond donors (Lipinski definition) is 5. The second-order valence-electron chi connectivity index (χ2n) is 29.7. The molecule has 0 unspecified atom stereocenters. The van der Waals surface area contributed by atoms with Crippen LogP contribution in [-0.2, 0) is 47.2 Å². The lowest BCUT2D eigenvalue weighted by Gasteiger charge is -2.58. The van der Waals surface area contributed by atoms with E-state index >= 15 is 0 Å². The summed E-state index contributed by atoms with van der Waals surface area (Å²) < 4.78 is 28.0. The van der Waals surface area contributed by atoms with E-state index in [-0.39, 0.29) is 61.2 Å². The molecule has 544 valence electrons. The number of allylic oxidation sites excluding steroid dienone is 1. The van der Waals surface area contributed by atoms with E-state index in [9.17, 15) is 34.1 Å². The molecule has 3 fully saturated rings. The molecule has 4 aliphatic rings. The van der Waals surface area contributed by atoms with Crippen LogP contribution in [0.5, 0.6) is 17.2 Å². The van der Waals surface area contributed by atoms with Crippen molar-refractivity contribution < 1.29 is 52.6 Å². The number of ether oxygens (including phenoxy) is 5. The Morgan fingerprint density at radius 2 is 1.25 bits per heavy atom. The zero-order chi connectivity index (χ0) is 72.2. The highest BCUT2D eigenvalue weighted by Gasteiger charge is 2.59. The molecule has 5 N–H and O–H groups in total. The number of rotatable bonds is 35. The Bertz CT molecular complexity index is 3720. The first kappa shape index (κ1) is 75.8. The number of nitro groups is 1. The highest BCUT2D eigenvalue weighted by atomic mass is 16.7. The molecule has 18 heteroatoms. The first-order valence-corrected chi connectivity index (χ1v) is 37.1. The van der Waals surface area contributed by atoms with Gasteiger partial charge in [-0.05, 0) is 206 Å². The maximum absolute atomic E-state index is 14.8. The van der Waals surface area contributed by atoms with E-state index in [2.05, 4.69) is 104 Å². The number of nitrogens with zero attached hydrogens (tertiary/aromatic N) is 1. The topological polar surface area (TPSA) is 235 Å². The zero-order valence-electron chi connectivity index (χ0n) is 60.7. The number of hydrogen-bond acceptors (Lipinski definition) is 13. The summed E-state index contributed by atoms with van der Waals surface area (Å²) in [6.07, 6.45) is 17.4. The third kappa shape index (κ3) is 19.2. The van der Waals surface area contributed by atoms with Crippen LogP contribution in [0.2, 0.25) is 0 Å². The number of methoxy groups -OCH3 is 2. The molecule has 0 spiro atoms. The number of nitro benzene ring substituents is 1. The van der Waals surface area contributed by atoms with E-state index in [1.165, 1.54) is 75.6 Å². The summed E-state index contributed by atoms with van der Waals surface area (Å²) in [6, 6.07) is 45.0. The standard InChI is InChI=1S/C84H106N6O12/c1-57(2)18-16-19-58(3)72-43-44-73-71-42-31-64-55-70(47-49-82(64,4)74(71)48-50-83(72,73)5)100-53-17-51-85-77(91)45-46-78(92)88-76(54-59-27-36-67(98-6)37-28-59)80(94)89-75(79(93)87-65-32-25-60(26-33-65)56-101-81(95)102-69-40-34-66(35-41-69)90(96)97)24-14-15-52-86-84(61-20-10-8-11-21-61,62-22-12-9-13-23-62)63-29-38-68(99-7)39-30-63/h8-13,20-23,25-41,57-58,70-76,86H,14-19,24,42-56H2,1-7H3,(H,85,91)(H,87,93)(H,88,92)(H,89,94)/t58-,70+,71+,72-,73+,74+,75+,76+,82+,83-/m1/s1. The Labute approximate surface area is 602 Å². The van der Waals surface area contributed by atoms with Crippen molar-refractivity contribution in [2.75, 3.05) is 39.2 Å². The lowest BCUT2D eigenvalue weighted by Crippen LogP contribution is -2.53. The Hall–Kier alpha value is -8.87. The Morgan fingerprint density at radius 1 is 0.618 bits per heavy atom. The van der Waals surface area contributed by atoms with E-state index in [0.717, 1.165) is 82.8 Å². The summed E-state index contributed by atoms with van der Waals surface area (Å²) in [6.45, 7) is 13.8. The average molecular weight is 1390 g/mol. The zero-order valence-corrected chi connectivity index (χ0v) is 60.7. The molecule has 6 aromatic rings. The molecule has 4 aliphatic carbocycles. The Kier molecular flexibility index (Phi) is 26.6. The molecule has 0 aromatic heterocycles. The van der Waals surface area contributed by atoms with Crippen molar-refractivity contribution >= 4 is 41.2 Å². The summed E-state index contributed by atoms with van der Waals surface area (Å²) in [5, 5.41) is 26.8. The van der Waals surface area contributed by atoms with Gasteiger partial charge in [0.1, 0.15) is 35.9 Å². The Morgan fingerprint density at radius 3 is 1.91 bits per heavy atom. The minimum absolute atomic E-state index is 0.0697. The van der Waals surface area contributed by atoms with Gasteiger partial charge in [-0.15, -0.1) is 0 Å². The van der Waals surface area contributed by atoms with Crippen molar-refractivity contribution in [1.29, 1.82) is 0 Å². The largest absolute Gasteiger partial charge is 0.514 e. The van der Waals surface area contributed by atoms with Crippen molar-refractivity contribution in [3.63, 3.8) is 0 Å². The first-order chi connectivity index (χ1) is 49.3. The number of carbonyl (C=O) groups is 5. The van der Waals surface area contributed by atoms with Gasteiger partial charge in [-0.25, -0.2) is 4.79 Å². The van der Waals surface area contributed by atoms with Crippen LogP contribution in [-0.4, -0.2) is 86.8 Å². The number of carbonyl (C=O) groups excluding carboxylic acids is 5. The molecular formula is C84H106N6O12. The van der Waals surface area contributed by atoms with Crippen LogP contribution >= 0.6 is 0 Å². The van der Waals surface area contributed by atoms with Crippen molar-refractivity contribution in [3.8, 4) is 17.2 Å². The molecule has 4 amide bonds. The van der Waals surface area contributed by atoms with Gasteiger partial charge in [0.25, 0.3) is 5.69 Å². The monoisotopic (exact) mass is 1390 g/mol. The molecular weight excluding hydrogens is 1280 g/mol. The average Bonchev–Trinajstić information content (AvgIpc) is 1.40. The molecule has 3 saturated carbocycles. The van der Waals surface area contributed by atoms with Gasteiger partial charge in [-0.3, -0.25) is 34.6 Å². The normalized spacial score (nSPS) is 21.5. The number of fused-ring (bicyclic) bond motifs is 5. The predicted octanol–water partition coefficient (Wildman–Crippen LogP) is 15.9. The van der Waals surface area contributed by atoms with Crippen LogP contribution in [0.15, 0.2) is 169 Å². The van der Waals surface area contributed by atoms with Gasteiger partial charge >= 0.3 is 6.16 Å². The SMILES string of the molecule is COc1ccc(C[C@H](NC(=O)CCC(=O)NCCCO[C@H]2CC[C@@]3(C)C(=CC[C@H]4[C@@H]5CC[C@H]([C@H](C)CCCC(C)C)[C@@]5(C)CC[C@@H]43)C2)C(=O)N[C@@H](CCCCNC(c2ccccc2)(c2ccccc2)c2ccc(OC)cc2)C(=O)Nc2ccc(COC(=O)Oc3ccc([N+](=O)[O-])cc3)cc2)cc1. The lowest BCUT2D eigenvalue weighted by atomic mass is 9.47. The fraction of sp³-hybridized carbons (Fsp3) is 0.488. The van der Waals surface area contributed by atoms with Crippen LogP contribution < -0.4 is 40.8 Å². The number of benzene rings is 6. The number of nitrogens with one attached hydrogen (secondary N) is 5. The maximum Gasteiger partial charge on any atom is 0.514 e. The van der Waals surface area contributed by atoms with Crippen LogP contribution in [0.4, 0.5) is 16.2 Å². The smallest absolute Gasteiger partial charge is 0.497 e. The number of unbranched alkanes of at least 4 members (excludes halogenated alkanes) is 1. The minimum Gasteiger partial charge on any atom is -0.497 e. The van der Waals surface area contributed by atoms with Crippen molar-refractivity contribution in [2.45, 2.75) is 181 Å². The molecule has 18 nitrogen and oxygen atoms in total. The summed E-state index contributed by atoms with van der Waals surface area (Å²) in [5.41, 5.74) is 6.10. The van der Waals surface area contributed by atoms with Crippen molar-refractivity contribution in [3.05, 3.63) is 207 Å². The van der Waals surface area contributed by atoms with E-state index in [1.807, 2.05) is 60.7 Å². The van der Waals surface area contributed by atoms with Crippen molar-refractivity contribution in [2.24, 2.45) is 46.3 Å². The van der Waals surface area contributed by atoms with Gasteiger partial charge < -0.3 is 45.0 Å².